The van der Waals surface area contributed by atoms with Gasteiger partial charge in [0.2, 0.25) is 5.78 Å². The zero-order valence-corrected chi connectivity index (χ0v) is 13.2. The summed E-state index contributed by atoms with van der Waals surface area (Å²) in [5.74, 6) is 0.385. The highest BCUT2D eigenvalue weighted by molar-refractivity contribution is 9.10. The summed E-state index contributed by atoms with van der Waals surface area (Å²) in [6.07, 6.45) is 1.68. The van der Waals surface area contributed by atoms with Gasteiger partial charge in [0.25, 0.3) is 0 Å². The molecule has 0 saturated heterocycles. The highest BCUT2D eigenvalue weighted by Gasteiger charge is 2.27. The van der Waals surface area contributed by atoms with Gasteiger partial charge in [0, 0.05) is 17.5 Å². The van der Waals surface area contributed by atoms with E-state index in [0.29, 0.717) is 17.1 Å². The number of ketones is 1. The van der Waals surface area contributed by atoms with Gasteiger partial charge in [-0.1, -0.05) is 28.1 Å². The van der Waals surface area contributed by atoms with Crippen molar-refractivity contribution in [2.24, 2.45) is 0 Å². The normalized spacial score (nSPS) is 14.6. The summed E-state index contributed by atoms with van der Waals surface area (Å²) in [6.45, 7) is 1.32. The van der Waals surface area contributed by atoms with Crippen molar-refractivity contribution in [2.75, 3.05) is 0 Å². The predicted octanol–water partition coefficient (Wildman–Crippen LogP) is 3.99. The molecule has 2 aromatic rings. The average molecular weight is 359 g/mol. The number of benzene rings is 2. The van der Waals surface area contributed by atoms with Crippen molar-refractivity contribution < 1.29 is 19.1 Å². The molecule has 5 heteroatoms. The number of halogens is 1. The van der Waals surface area contributed by atoms with E-state index in [1.807, 2.05) is 24.3 Å². The van der Waals surface area contributed by atoms with Crippen molar-refractivity contribution in [3.8, 4) is 11.5 Å². The van der Waals surface area contributed by atoms with E-state index in [1.54, 1.807) is 18.2 Å². The third-order valence-electron chi connectivity index (χ3n) is 3.07. The molecule has 2 aromatic carbocycles. The van der Waals surface area contributed by atoms with Crippen LogP contribution in [-0.2, 0) is 4.79 Å². The topological polar surface area (TPSA) is 52.6 Å². The largest absolute Gasteiger partial charge is 0.452 e. The zero-order chi connectivity index (χ0) is 15.7. The van der Waals surface area contributed by atoms with Crippen molar-refractivity contribution in [2.45, 2.75) is 6.92 Å². The standard InChI is InChI=1S/C17H11BrO4/c1-10(19)21-13-6-7-14-15(9-13)22-16(17(14)20)8-11-2-4-12(18)5-3-11/h2-9H,1H3. The first-order valence-corrected chi connectivity index (χ1v) is 7.34. The molecule has 3 rings (SSSR count). The van der Waals surface area contributed by atoms with Gasteiger partial charge in [-0.2, -0.15) is 0 Å². The SMILES string of the molecule is CC(=O)Oc1ccc2c(c1)OC(=Cc1ccc(Br)cc1)C2=O. The monoisotopic (exact) mass is 358 g/mol. The molecule has 0 amide bonds. The van der Waals surface area contributed by atoms with Gasteiger partial charge in [-0.25, -0.2) is 0 Å². The molecule has 0 saturated carbocycles. The summed E-state index contributed by atoms with van der Waals surface area (Å²) in [6, 6.07) is 12.2. The van der Waals surface area contributed by atoms with Crippen LogP contribution < -0.4 is 9.47 Å². The molecule has 0 aliphatic carbocycles. The van der Waals surface area contributed by atoms with Crippen molar-refractivity contribution in [3.05, 3.63) is 63.8 Å². The number of esters is 1. The molecular weight excluding hydrogens is 348 g/mol. The van der Waals surface area contributed by atoms with E-state index in [2.05, 4.69) is 15.9 Å². The number of Topliss-reactive ketones (excluding diaryl/α,β-unsaturated/α-hetero) is 1. The Kier molecular flexibility index (Phi) is 3.81. The van der Waals surface area contributed by atoms with E-state index in [9.17, 15) is 9.59 Å². The van der Waals surface area contributed by atoms with Crippen LogP contribution in [0.2, 0.25) is 0 Å². The molecule has 0 fully saturated rings. The maximum Gasteiger partial charge on any atom is 0.308 e. The van der Waals surface area contributed by atoms with Gasteiger partial charge >= 0.3 is 5.97 Å². The van der Waals surface area contributed by atoms with Gasteiger partial charge in [0.1, 0.15) is 11.5 Å². The minimum atomic E-state index is -0.421. The fourth-order valence-electron chi connectivity index (χ4n) is 2.11. The number of fused-ring (bicyclic) bond motifs is 1. The summed E-state index contributed by atoms with van der Waals surface area (Å²) in [5, 5.41) is 0. The zero-order valence-electron chi connectivity index (χ0n) is 11.6. The fourth-order valence-corrected chi connectivity index (χ4v) is 2.37. The Morgan fingerprint density at radius 1 is 1.18 bits per heavy atom. The fraction of sp³-hybridized carbons (Fsp3) is 0.0588. The van der Waals surface area contributed by atoms with Crippen molar-refractivity contribution >= 4 is 33.8 Å². The van der Waals surface area contributed by atoms with Crippen LogP contribution >= 0.6 is 15.9 Å². The van der Waals surface area contributed by atoms with Crippen LogP contribution in [0.15, 0.2) is 52.7 Å². The lowest BCUT2D eigenvalue weighted by Gasteiger charge is -2.02. The van der Waals surface area contributed by atoms with E-state index < -0.39 is 5.97 Å². The minimum absolute atomic E-state index is 0.188. The lowest BCUT2D eigenvalue weighted by atomic mass is 10.1. The molecular formula is C17H11BrO4. The number of ether oxygens (including phenoxy) is 2. The highest BCUT2D eigenvalue weighted by Crippen LogP contribution is 2.35. The Hall–Kier alpha value is -2.40. The first kappa shape index (κ1) is 14.5. The Morgan fingerprint density at radius 2 is 1.91 bits per heavy atom. The van der Waals surface area contributed by atoms with Crippen LogP contribution in [0.4, 0.5) is 0 Å². The first-order valence-electron chi connectivity index (χ1n) is 6.55. The van der Waals surface area contributed by atoms with Gasteiger partial charge in [0.15, 0.2) is 5.76 Å². The Balaban J connectivity index is 1.90. The van der Waals surface area contributed by atoms with E-state index in [1.165, 1.54) is 13.0 Å². The van der Waals surface area contributed by atoms with Gasteiger partial charge in [0.05, 0.1) is 5.56 Å². The molecule has 22 heavy (non-hydrogen) atoms. The maximum atomic E-state index is 12.3. The van der Waals surface area contributed by atoms with E-state index >= 15 is 0 Å². The molecule has 1 heterocycles. The maximum absolute atomic E-state index is 12.3. The molecule has 110 valence electrons. The molecule has 0 aromatic heterocycles. The molecule has 1 aliphatic heterocycles. The van der Waals surface area contributed by atoms with E-state index in [-0.39, 0.29) is 11.5 Å². The number of allylic oxidation sites excluding steroid dienone is 1. The Morgan fingerprint density at radius 3 is 2.59 bits per heavy atom. The van der Waals surface area contributed by atoms with Crippen molar-refractivity contribution in [1.82, 2.24) is 0 Å². The van der Waals surface area contributed by atoms with E-state index in [4.69, 9.17) is 9.47 Å². The van der Waals surface area contributed by atoms with Gasteiger partial charge < -0.3 is 9.47 Å². The van der Waals surface area contributed by atoms with Crippen LogP contribution in [0, 0.1) is 0 Å². The molecule has 0 bridgehead atoms. The Bertz CT molecular complexity index is 791. The summed E-state index contributed by atoms with van der Waals surface area (Å²) in [4.78, 5) is 23.3. The number of rotatable bonds is 2. The summed E-state index contributed by atoms with van der Waals surface area (Å²) >= 11 is 3.36. The van der Waals surface area contributed by atoms with Crippen LogP contribution in [0.5, 0.6) is 11.5 Å². The smallest absolute Gasteiger partial charge is 0.308 e. The molecule has 0 radical (unpaired) electrons. The lowest BCUT2D eigenvalue weighted by Crippen LogP contribution is -2.01. The summed E-state index contributed by atoms with van der Waals surface area (Å²) < 4.78 is 11.5. The van der Waals surface area contributed by atoms with E-state index in [0.717, 1.165) is 10.0 Å². The van der Waals surface area contributed by atoms with Crippen molar-refractivity contribution in [1.29, 1.82) is 0 Å². The minimum Gasteiger partial charge on any atom is -0.452 e. The second-order valence-electron chi connectivity index (χ2n) is 4.74. The van der Waals surface area contributed by atoms with Crippen LogP contribution in [0.3, 0.4) is 0 Å². The third kappa shape index (κ3) is 2.94. The van der Waals surface area contributed by atoms with Gasteiger partial charge in [-0.15, -0.1) is 0 Å². The first-order chi connectivity index (χ1) is 10.5. The second-order valence-corrected chi connectivity index (χ2v) is 5.66. The van der Waals surface area contributed by atoms with Crippen LogP contribution in [0.1, 0.15) is 22.8 Å². The quantitative estimate of drug-likeness (QED) is 0.462. The molecule has 1 aliphatic rings. The van der Waals surface area contributed by atoms with Gasteiger partial charge in [-0.05, 0) is 35.9 Å². The number of carbonyl (C=O) groups is 2. The summed E-state index contributed by atoms with van der Waals surface area (Å²) in [7, 11) is 0. The molecule has 0 spiro atoms. The van der Waals surface area contributed by atoms with Crippen molar-refractivity contribution in [3.63, 3.8) is 0 Å². The lowest BCUT2D eigenvalue weighted by molar-refractivity contribution is -0.131. The average Bonchev–Trinajstić information content (AvgIpc) is 2.77. The third-order valence-corrected chi connectivity index (χ3v) is 3.60. The Labute approximate surface area is 135 Å². The predicted molar refractivity (Wildman–Crippen MR) is 84.8 cm³/mol. The second kappa shape index (κ2) is 5.77. The molecule has 4 nitrogen and oxygen atoms in total. The highest BCUT2D eigenvalue weighted by atomic mass is 79.9. The molecule has 0 unspecified atom stereocenters. The summed E-state index contributed by atoms with van der Waals surface area (Å²) in [5.41, 5.74) is 1.32. The molecule has 0 N–H and O–H groups in total. The molecule has 0 atom stereocenters. The number of hydrogen-bond acceptors (Lipinski definition) is 4. The van der Waals surface area contributed by atoms with Crippen LogP contribution in [-0.4, -0.2) is 11.8 Å². The van der Waals surface area contributed by atoms with Crippen LogP contribution in [0.25, 0.3) is 6.08 Å². The van der Waals surface area contributed by atoms with Gasteiger partial charge in [-0.3, -0.25) is 9.59 Å². The number of hydrogen-bond donors (Lipinski definition) is 0. The number of carbonyl (C=O) groups excluding carboxylic acids is 2.